The molecule has 27 heavy (non-hydrogen) atoms. The molecule has 1 aliphatic heterocycles. The maximum Gasteiger partial charge on any atom is 0.254 e. The highest BCUT2D eigenvalue weighted by Gasteiger charge is 2.29. The second-order valence-corrected chi connectivity index (χ2v) is 6.19. The lowest BCUT2D eigenvalue weighted by atomic mass is 10.1. The fourth-order valence-corrected chi connectivity index (χ4v) is 3.05. The summed E-state index contributed by atoms with van der Waals surface area (Å²) in [6, 6.07) is 14.9. The van der Waals surface area contributed by atoms with Crippen LogP contribution in [0, 0.1) is 0 Å². The standard InChI is InChI=1S/C20H16N4O3/c25-17(22-15-9-3-5-12-6-4-10-21-18(12)15)11-16-20(27)23-14-8-2-1-7-13(14)19(26)24-16/h1-10,16H,11H2,(H,22,25)(H,23,27)(H,24,26)/t16-/m1/s1. The number of fused-ring (bicyclic) bond motifs is 2. The van der Waals surface area contributed by atoms with Gasteiger partial charge < -0.3 is 16.0 Å². The zero-order chi connectivity index (χ0) is 18.8. The zero-order valence-electron chi connectivity index (χ0n) is 14.2. The van der Waals surface area contributed by atoms with E-state index in [0.717, 1.165) is 5.39 Å². The normalized spacial score (nSPS) is 16.1. The minimum absolute atomic E-state index is 0.186. The predicted molar refractivity (Wildman–Crippen MR) is 101 cm³/mol. The molecule has 7 nitrogen and oxygen atoms in total. The molecule has 1 atom stereocenters. The molecule has 0 radical (unpaired) electrons. The second-order valence-electron chi connectivity index (χ2n) is 6.19. The number of hydrogen-bond acceptors (Lipinski definition) is 4. The van der Waals surface area contributed by atoms with Crippen molar-refractivity contribution in [2.45, 2.75) is 12.5 Å². The van der Waals surface area contributed by atoms with Gasteiger partial charge in [-0.25, -0.2) is 0 Å². The van der Waals surface area contributed by atoms with E-state index in [1.165, 1.54) is 0 Å². The third-order valence-corrected chi connectivity index (χ3v) is 4.35. The highest BCUT2D eigenvalue weighted by atomic mass is 16.2. The van der Waals surface area contributed by atoms with Gasteiger partial charge in [0, 0.05) is 11.6 Å². The molecule has 3 aromatic rings. The van der Waals surface area contributed by atoms with Gasteiger partial charge in [0.15, 0.2) is 0 Å². The monoisotopic (exact) mass is 360 g/mol. The molecule has 3 N–H and O–H groups in total. The van der Waals surface area contributed by atoms with Gasteiger partial charge in [-0.1, -0.05) is 30.3 Å². The molecule has 0 spiro atoms. The number of para-hydroxylation sites is 2. The van der Waals surface area contributed by atoms with E-state index in [9.17, 15) is 14.4 Å². The van der Waals surface area contributed by atoms with E-state index in [1.54, 1.807) is 36.5 Å². The smallest absolute Gasteiger partial charge is 0.254 e. The van der Waals surface area contributed by atoms with Crippen LogP contribution in [-0.4, -0.2) is 28.7 Å². The molecule has 4 rings (SSSR count). The van der Waals surface area contributed by atoms with Crippen molar-refractivity contribution in [1.29, 1.82) is 0 Å². The molecule has 1 aliphatic rings. The van der Waals surface area contributed by atoms with Crippen molar-refractivity contribution >= 4 is 40.0 Å². The lowest BCUT2D eigenvalue weighted by Gasteiger charge is -2.15. The van der Waals surface area contributed by atoms with E-state index in [1.807, 2.05) is 24.3 Å². The number of hydrogen-bond donors (Lipinski definition) is 3. The van der Waals surface area contributed by atoms with E-state index in [4.69, 9.17) is 0 Å². The molecule has 0 aliphatic carbocycles. The fourth-order valence-electron chi connectivity index (χ4n) is 3.05. The van der Waals surface area contributed by atoms with Crippen LogP contribution >= 0.6 is 0 Å². The molecule has 0 unspecified atom stereocenters. The van der Waals surface area contributed by atoms with Crippen LogP contribution in [0.2, 0.25) is 0 Å². The van der Waals surface area contributed by atoms with Gasteiger partial charge in [-0.15, -0.1) is 0 Å². The van der Waals surface area contributed by atoms with Crippen LogP contribution in [0.1, 0.15) is 16.8 Å². The van der Waals surface area contributed by atoms with E-state index >= 15 is 0 Å². The predicted octanol–water partition coefficient (Wildman–Crippen LogP) is 2.31. The van der Waals surface area contributed by atoms with E-state index in [0.29, 0.717) is 22.5 Å². The quantitative estimate of drug-likeness (QED) is 0.667. The molecule has 3 amide bonds. The number of aromatic nitrogens is 1. The summed E-state index contributed by atoms with van der Waals surface area (Å²) in [5, 5.41) is 8.97. The maximum atomic E-state index is 12.5. The van der Waals surface area contributed by atoms with Crippen molar-refractivity contribution < 1.29 is 14.4 Å². The molecule has 2 aromatic carbocycles. The summed E-state index contributed by atoms with van der Waals surface area (Å²) in [5.74, 6) is -1.22. The SMILES string of the molecule is O=C(C[C@H]1NC(=O)c2ccccc2NC1=O)Nc1cccc2cccnc12. The molecule has 0 bridgehead atoms. The average molecular weight is 360 g/mol. The number of rotatable bonds is 3. The van der Waals surface area contributed by atoms with E-state index in [-0.39, 0.29) is 12.3 Å². The molecule has 134 valence electrons. The Morgan fingerprint density at radius 1 is 1.04 bits per heavy atom. The van der Waals surface area contributed by atoms with Crippen LogP contribution in [0.15, 0.2) is 60.8 Å². The molecular weight excluding hydrogens is 344 g/mol. The Morgan fingerprint density at radius 2 is 1.85 bits per heavy atom. The average Bonchev–Trinajstić information content (AvgIpc) is 2.79. The first kappa shape index (κ1) is 16.7. The first-order valence-corrected chi connectivity index (χ1v) is 8.46. The number of nitrogens with zero attached hydrogens (tertiary/aromatic N) is 1. The first-order valence-electron chi connectivity index (χ1n) is 8.46. The fraction of sp³-hybridized carbons (Fsp3) is 0.100. The largest absolute Gasteiger partial charge is 0.340 e. The zero-order valence-corrected chi connectivity index (χ0v) is 14.2. The third-order valence-electron chi connectivity index (χ3n) is 4.35. The minimum Gasteiger partial charge on any atom is -0.340 e. The van der Waals surface area contributed by atoms with Crippen molar-refractivity contribution in [2.75, 3.05) is 10.6 Å². The highest BCUT2D eigenvalue weighted by Crippen LogP contribution is 2.22. The summed E-state index contributed by atoms with van der Waals surface area (Å²) >= 11 is 0. The Balaban J connectivity index is 1.51. The summed E-state index contributed by atoms with van der Waals surface area (Å²) in [6.45, 7) is 0. The van der Waals surface area contributed by atoms with Gasteiger partial charge in [0.1, 0.15) is 6.04 Å². The van der Waals surface area contributed by atoms with E-state index < -0.39 is 17.9 Å². The molecule has 7 heteroatoms. The summed E-state index contributed by atoms with van der Waals surface area (Å²) < 4.78 is 0. The van der Waals surface area contributed by atoms with Gasteiger partial charge >= 0.3 is 0 Å². The Morgan fingerprint density at radius 3 is 2.74 bits per heavy atom. The van der Waals surface area contributed by atoms with Crippen molar-refractivity contribution in [3.8, 4) is 0 Å². The molecule has 0 saturated heterocycles. The van der Waals surface area contributed by atoms with Crippen LogP contribution in [0.5, 0.6) is 0 Å². The molecular formula is C20H16N4O3. The number of pyridine rings is 1. The number of anilines is 2. The third kappa shape index (κ3) is 3.35. The minimum atomic E-state index is -0.965. The Hall–Kier alpha value is -3.74. The topological polar surface area (TPSA) is 100 Å². The van der Waals surface area contributed by atoms with Crippen LogP contribution < -0.4 is 16.0 Å². The molecule has 0 fully saturated rings. The van der Waals surface area contributed by atoms with Crippen LogP contribution in [0.25, 0.3) is 10.9 Å². The Labute approximate surface area is 154 Å². The van der Waals surface area contributed by atoms with Gasteiger partial charge in [-0.2, -0.15) is 0 Å². The number of benzene rings is 2. The summed E-state index contributed by atoms with van der Waals surface area (Å²) in [4.78, 5) is 41.5. The van der Waals surface area contributed by atoms with Crippen molar-refractivity contribution in [3.05, 3.63) is 66.4 Å². The first-order chi connectivity index (χ1) is 13.1. The molecule has 1 aromatic heterocycles. The van der Waals surface area contributed by atoms with Crippen molar-refractivity contribution in [3.63, 3.8) is 0 Å². The van der Waals surface area contributed by atoms with Crippen LogP contribution in [0.3, 0.4) is 0 Å². The van der Waals surface area contributed by atoms with Gasteiger partial charge in [0.05, 0.1) is 28.9 Å². The van der Waals surface area contributed by atoms with Crippen molar-refractivity contribution in [1.82, 2.24) is 10.3 Å². The summed E-state index contributed by atoms with van der Waals surface area (Å²) in [7, 11) is 0. The van der Waals surface area contributed by atoms with Crippen LogP contribution in [0.4, 0.5) is 11.4 Å². The van der Waals surface area contributed by atoms with Gasteiger partial charge in [0.25, 0.3) is 5.91 Å². The van der Waals surface area contributed by atoms with Crippen molar-refractivity contribution in [2.24, 2.45) is 0 Å². The second kappa shape index (κ2) is 6.87. The van der Waals surface area contributed by atoms with Crippen LogP contribution in [-0.2, 0) is 9.59 Å². The lowest BCUT2D eigenvalue weighted by Crippen LogP contribution is -2.43. The number of nitrogens with one attached hydrogen (secondary N) is 3. The number of carbonyl (C=O) groups excluding carboxylic acids is 3. The number of amides is 3. The highest BCUT2D eigenvalue weighted by molar-refractivity contribution is 6.11. The van der Waals surface area contributed by atoms with Gasteiger partial charge in [0.2, 0.25) is 11.8 Å². The van der Waals surface area contributed by atoms with Gasteiger partial charge in [-0.05, 0) is 24.3 Å². The maximum absolute atomic E-state index is 12.5. The van der Waals surface area contributed by atoms with Gasteiger partial charge in [-0.3, -0.25) is 19.4 Å². The van der Waals surface area contributed by atoms with E-state index in [2.05, 4.69) is 20.9 Å². The number of carbonyl (C=O) groups is 3. The molecule has 0 saturated carbocycles. The summed E-state index contributed by atoms with van der Waals surface area (Å²) in [6.07, 6.45) is 1.46. The Bertz CT molecular complexity index is 1060. The lowest BCUT2D eigenvalue weighted by molar-refractivity contribution is -0.122. The summed E-state index contributed by atoms with van der Waals surface area (Å²) in [5.41, 5.74) is 2.02. The molecule has 2 heterocycles. The Kier molecular flexibility index (Phi) is 4.25.